The average Bonchev–Trinajstić information content (AvgIpc) is 2.07. The van der Waals surface area contributed by atoms with Crippen LogP contribution in [0.1, 0.15) is 0 Å². The van der Waals surface area contributed by atoms with Gasteiger partial charge in [0.05, 0.1) is 0 Å². The van der Waals surface area contributed by atoms with Gasteiger partial charge in [0.2, 0.25) is 0 Å². The zero-order valence-electron chi connectivity index (χ0n) is 6.12. The Labute approximate surface area is 69.9 Å². The van der Waals surface area contributed by atoms with Crippen LogP contribution in [0.3, 0.4) is 0 Å². The van der Waals surface area contributed by atoms with Crippen molar-refractivity contribution in [2.75, 3.05) is 5.75 Å². The first-order valence-corrected chi connectivity index (χ1v) is 4.62. The van der Waals surface area contributed by atoms with Gasteiger partial charge in [-0.2, -0.15) is 0 Å². The normalized spacial score (nSPS) is 12.5. The van der Waals surface area contributed by atoms with Crippen LogP contribution in [0, 0.1) is 6.07 Å². The van der Waals surface area contributed by atoms with Crippen molar-refractivity contribution < 1.29 is 4.55 Å². The molecule has 0 bridgehead atoms. The summed E-state index contributed by atoms with van der Waals surface area (Å²) >= 11 is -0.957. The lowest BCUT2D eigenvalue weighted by Crippen LogP contribution is -2.03. The van der Waals surface area contributed by atoms with E-state index in [-0.39, 0.29) is 0 Å². The summed E-state index contributed by atoms with van der Waals surface area (Å²) in [5.41, 5.74) is 0. The van der Waals surface area contributed by atoms with Crippen molar-refractivity contribution in [1.82, 2.24) is 0 Å². The summed E-state index contributed by atoms with van der Waals surface area (Å²) in [7, 11) is 0. The van der Waals surface area contributed by atoms with Crippen LogP contribution in [0.2, 0.25) is 0 Å². The summed E-state index contributed by atoms with van der Waals surface area (Å²) in [5, 5.41) is 0. The molecule has 0 N–H and O–H groups in total. The Balaban J connectivity index is 2.68. The monoisotopic (exact) mass is 165 g/mol. The number of hydrogen-bond acceptors (Lipinski definition) is 1. The molecule has 1 radical (unpaired) electrons. The van der Waals surface area contributed by atoms with Gasteiger partial charge in [0.1, 0.15) is 5.75 Å². The zero-order chi connectivity index (χ0) is 8.10. The van der Waals surface area contributed by atoms with Crippen molar-refractivity contribution in [3.8, 4) is 0 Å². The van der Waals surface area contributed by atoms with Crippen LogP contribution in [0.5, 0.6) is 0 Å². The first-order chi connectivity index (χ1) is 5.34. The summed E-state index contributed by atoms with van der Waals surface area (Å²) in [6.07, 6.45) is 1.65. The van der Waals surface area contributed by atoms with E-state index in [0.29, 0.717) is 5.75 Å². The molecular formula is C9H9OS. The Bertz CT molecular complexity index is 220. The molecule has 1 atom stereocenters. The Kier molecular flexibility index (Phi) is 3.20. The quantitative estimate of drug-likeness (QED) is 0.494. The van der Waals surface area contributed by atoms with E-state index in [0.717, 1.165) is 4.90 Å². The summed E-state index contributed by atoms with van der Waals surface area (Å²) in [6, 6.07) is 10.2. The van der Waals surface area contributed by atoms with E-state index >= 15 is 0 Å². The van der Waals surface area contributed by atoms with Gasteiger partial charge in [0.25, 0.3) is 0 Å². The van der Waals surface area contributed by atoms with Gasteiger partial charge in [-0.05, 0) is 29.4 Å². The lowest BCUT2D eigenvalue weighted by molar-refractivity contribution is 0.598. The average molecular weight is 165 g/mol. The Hall–Kier alpha value is -0.730. The third-order valence-electron chi connectivity index (χ3n) is 1.20. The molecule has 0 amide bonds. The van der Waals surface area contributed by atoms with Crippen molar-refractivity contribution in [3.05, 3.63) is 43.0 Å². The molecule has 1 rings (SSSR count). The van der Waals surface area contributed by atoms with Crippen LogP contribution in [0.15, 0.2) is 41.8 Å². The van der Waals surface area contributed by atoms with Gasteiger partial charge in [-0.3, -0.25) is 0 Å². The van der Waals surface area contributed by atoms with Crippen LogP contribution >= 0.6 is 0 Å². The molecule has 0 aliphatic rings. The third kappa shape index (κ3) is 2.41. The molecule has 0 aliphatic heterocycles. The fourth-order valence-electron chi connectivity index (χ4n) is 0.715. The summed E-state index contributed by atoms with van der Waals surface area (Å²) in [6.45, 7) is 3.52. The first kappa shape index (κ1) is 8.37. The van der Waals surface area contributed by atoms with Crippen molar-refractivity contribution in [1.29, 1.82) is 0 Å². The van der Waals surface area contributed by atoms with Crippen LogP contribution < -0.4 is 0 Å². The second kappa shape index (κ2) is 4.21. The minimum absolute atomic E-state index is 0.501. The van der Waals surface area contributed by atoms with E-state index in [1.54, 1.807) is 18.2 Å². The predicted molar refractivity (Wildman–Crippen MR) is 46.8 cm³/mol. The molecule has 0 saturated heterocycles. The molecule has 0 saturated carbocycles. The standard InChI is InChI=1S/C9H9OS/c1-2-8-11(10)9-6-4-3-5-7-9/h2-6H,1,8H2. The van der Waals surface area contributed by atoms with Crippen molar-refractivity contribution in [2.24, 2.45) is 0 Å². The van der Waals surface area contributed by atoms with Gasteiger partial charge in [-0.1, -0.05) is 18.7 Å². The molecule has 1 aromatic rings. The van der Waals surface area contributed by atoms with Gasteiger partial charge in [-0.25, -0.2) is 0 Å². The van der Waals surface area contributed by atoms with Crippen molar-refractivity contribution in [2.45, 2.75) is 4.90 Å². The van der Waals surface area contributed by atoms with Gasteiger partial charge >= 0.3 is 0 Å². The Morgan fingerprint density at radius 1 is 1.64 bits per heavy atom. The molecule has 0 spiro atoms. The van der Waals surface area contributed by atoms with E-state index in [1.807, 2.05) is 12.1 Å². The molecule has 1 aromatic carbocycles. The van der Waals surface area contributed by atoms with Crippen LogP contribution in [0.4, 0.5) is 0 Å². The maximum atomic E-state index is 11.3. The Morgan fingerprint density at radius 3 is 3.00 bits per heavy atom. The molecule has 1 nitrogen and oxygen atoms in total. The first-order valence-electron chi connectivity index (χ1n) is 3.30. The van der Waals surface area contributed by atoms with Crippen LogP contribution in [0.25, 0.3) is 0 Å². The highest BCUT2D eigenvalue weighted by molar-refractivity contribution is 7.91. The molecule has 0 heterocycles. The number of rotatable bonds is 3. The third-order valence-corrected chi connectivity index (χ3v) is 2.48. The van der Waals surface area contributed by atoms with Crippen molar-refractivity contribution in [3.63, 3.8) is 0 Å². The number of benzene rings is 1. The minimum Gasteiger partial charge on any atom is -0.611 e. The van der Waals surface area contributed by atoms with Gasteiger partial charge in [-0.15, -0.1) is 0 Å². The molecule has 2 heteroatoms. The predicted octanol–water partition coefficient (Wildman–Crippen LogP) is 1.78. The van der Waals surface area contributed by atoms with E-state index < -0.39 is 11.2 Å². The SMILES string of the molecule is C=CC[S+]([O-])c1[c]cccc1. The topological polar surface area (TPSA) is 23.1 Å². The summed E-state index contributed by atoms with van der Waals surface area (Å²) < 4.78 is 11.3. The Morgan fingerprint density at radius 2 is 2.45 bits per heavy atom. The van der Waals surface area contributed by atoms with E-state index in [4.69, 9.17) is 0 Å². The fraction of sp³-hybridized carbons (Fsp3) is 0.111. The lowest BCUT2D eigenvalue weighted by atomic mass is 10.4. The lowest BCUT2D eigenvalue weighted by Gasteiger charge is -2.05. The second-order valence-corrected chi connectivity index (χ2v) is 3.49. The highest BCUT2D eigenvalue weighted by Gasteiger charge is 2.05. The minimum atomic E-state index is -0.957. The van der Waals surface area contributed by atoms with Gasteiger partial charge in [0.15, 0.2) is 4.90 Å². The van der Waals surface area contributed by atoms with Gasteiger partial charge < -0.3 is 4.55 Å². The number of hydrogen-bond donors (Lipinski definition) is 0. The van der Waals surface area contributed by atoms with E-state index in [9.17, 15) is 4.55 Å². The smallest absolute Gasteiger partial charge is 0.161 e. The van der Waals surface area contributed by atoms with E-state index in [2.05, 4.69) is 12.6 Å². The molecule has 1 unspecified atom stereocenters. The molecular weight excluding hydrogens is 156 g/mol. The maximum absolute atomic E-state index is 11.3. The highest BCUT2D eigenvalue weighted by Crippen LogP contribution is 2.08. The largest absolute Gasteiger partial charge is 0.611 e. The zero-order valence-corrected chi connectivity index (χ0v) is 6.93. The molecule has 0 aromatic heterocycles. The van der Waals surface area contributed by atoms with E-state index in [1.165, 1.54) is 0 Å². The van der Waals surface area contributed by atoms with Gasteiger partial charge in [0, 0.05) is 6.07 Å². The van der Waals surface area contributed by atoms with Crippen molar-refractivity contribution >= 4 is 11.2 Å². The summed E-state index contributed by atoms with van der Waals surface area (Å²) in [5.74, 6) is 0.501. The van der Waals surface area contributed by atoms with Crippen LogP contribution in [-0.4, -0.2) is 10.3 Å². The maximum Gasteiger partial charge on any atom is 0.161 e. The fourth-order valence-corrected chi connectivity index (χ4v) is 1.54. The second-order valence-electron chi connectivity index (χ2n) is 2.03. The highest BCUT2D eigenvalue weighted by atomic mass is 32.2. The summed E-state index contributed by atoms with van der Waals surface area (Å²) in [4.78, 5) is 0.743. The molecule has 11 heavy (non-hydrogen) atoms. The molecule has 57 valence electrons. The van der Waals surface area contributed by atoms with Crippen LogP contribution in [-0.2, 0) is 11.2 Å². The molecule has 0 fully saturated rings. The molecule has 0 aliphatic carbocycles.